The van der Waals surface area contributed by atoms with E-state index in [-0.39, 0.29) is 0 Å². The van der Waals surface area contributed by atoms with Crippen LogP contribution in [0.5, 0.6) is 0 Å². The van der Waals surface area contributed by atoms with Crippen LogP contribution in [0.3, 0.4) is 0 Å². The van der Waals surface area contributed by atoms with Crippen molar-refractivity contribution in [2.75, 3.05) is 0 Å². The van der Waals surface area contributed by atoms with Crippen LogP contribution in [0, 0.1) is 5.92 Å². The van der Waals surface area contributed by atoms with E-state index >= 15 is 0 Å². The number of unbranched alkanes of at least 4 members (excludes halogenated alkanes) is 1. The molecular weight excluding hydrogens is 172 g/mol. The number of allylic oxidation sites excluding steroid dienone is 6. The monoisotopic (exact) mass is 190 g/mol. The molecule has 1 unspecified atom stereocenters. The SMILES string of the molecule is CCCCC(C=O)=CC1C=CC=CC1. The smallest absolute Gasteiger partial charge is 0.145 e. The second kappa shape index (κ2) is 6.36. The van der Waals surface area contributed by atoms with Crippen LogP contribution in [0.15, 0.2) is 36.0 Å². The molecule has 1 aliphatic rings. The first-order chi connectivity index (χ1) is 6.86. The molecule has 1 aliphatic carbocycles. The molecule has 1 heteroatoms. The third kappa shape index (κ3) is 3.73. The zero-order valence-electron chi connectivity index (χ0n) is 8.78. The average molecular weight is 190 g/mol. The average Bonchev–Trinajstić information content (AvgIpc) is 2.25. The van der Waals surface area contributed by atoms with Gasteiger partial charge < -0.3 is 0 Å². The normalized spacial score (nSPS) is 21.2. The predicted octanol–water partition coefficient (Wildman–Crippen LogP) is 3.43. The van der Waals surface area contributed by atoms with Crippen LogP contribution in [0.1, 0.15) is 32.6 Å². The second-order valence-electron chi connectivity index (χ2n) is 3.68. The summed E-state index contributed by atoms with van der Waals surface area (Å²) in [7, 11) is 0. The largest absolute Gasteiger partial charge is 0.298 e. The summed E-state index contributed by atoms with van der Waals surface area (Å²) in [5.41, 5.74) is 0.955. The van der Waals surface area contributed by atoms with E-state index in [0.29, 0.717) is 5.92 Å². The molecule has 0 saturated heterocycles. The van der Waals surface area contributed by atoms with Gasteiger partial charge in [-0.25, -0.2) is 0 Å². The molecule has 0 heterocycles. The molecule has 0 spiro atoms. The van der Waals surface area contributed by atoms with Crippen LogP contribution in [0.4, 0.5) is 0 Å². The Morgan fingerprint density at radius 3 is 2.93 bits per heavy atom. The molecule has 0 aromatic heterocycles. The lowest BCUT2D eigenvalue weighted by Gasteiger charge is -2.08. The number of carbonyl (C=O) groups excluding carboxylic acids is 1. The molecular formula is C13H18O. The molecule has 1 rings (SSSR count). The highest BCUT2D eigenvalue weighted by molar-refractivity contribution is 5.73. The van der Waals surface area contributed by atoms with E-state index in [1.165, 1.54) is 0 Å². The summed E-state index contributed by atoms with van der Waals surface area (Å²) in [5.74, 6) is 0.428. The Morgan fingerprint density at radius 2 is 2.36 bits per heavy atom. The van der Waals surface area contributed by atoms with Gasteiger partial charge in [-0.1, -0.05) is 43.7 Å². The van der Waals surface area contributed by atoms with Gasteiger partial charge in [0, 0.05) is 0 Å². The van der Waals surface area contributed by atoms with Gasteiger partial charge in [0.1, 0.15) is 6.29 Å². The van der Waals surface area contributed by atoms with Gasteiger partial charge in [0.05, 0.1) is 0 Å². The third-order valence-corrected chi connectivity index (χ3v) is 2.41. The molecule has 14 heavy (non-hydrogen) atoms. The minimum atomic E-state index is 0.428. The highest BCUT2D eigenvalue weighted by Crippen LogP contribution is 2.16. The van der Waals surface area contributed by atoms with Crippen LogP contribution in [-0.2, 0) is 4.79 Å². The number of hydrogen-bond donors (Lipinski definition) is 0. The van der Waals surface area contributed by atoms with E-state index in [1.54, 1.807) is 0 Å². The lowest BCUT2D eigenvalue weighted by Crippen LogP contribution is -1.96. The van der Waals surface area contributed by atoms with E-state index in [0.717, 1.165) is 37.5 Å². The number of rotatable bonds is 5. The molecule has 0 fully saturated rings. The maximum atomic E-state index is 10.8. The van der Waals surface area contributed by atoms with Crippen molar-refractivity contribution in [1.82, 2.24) is 0 Å². The first kappa shape index (κ1) is 11.0. The first-order valence-corrected chi connectivity index (χ1v) is 5.36. The standard InChI is InChI=1S/C13H18O/c1-2-3-7-13(11-14)10-12-8-5-4-6-9-12/h4-6,8,10-12H,2-3,7,9H2,1H3. The van der Waals surface area contributed by atoms with Gasteiger partial charge in [0.2, 0.25) is 0 Å². The number of hydrogen-bond acceptors (Lipinski definition) is 1. The maximum absolute atomic E-state index is 10.8. The molecule has 0 aromatic carbocycles. The van der Waals surface area contributed by atoms with Crippen LogP contribution >= 0.6 is 0 Å². The Balaban J connectivity index is 2.49. The van der Waals surface area contributed by atoms with Gasteiger partial charge in [-0.05, 0) is 30.8 Å². The van der Waals surface area contributed by atoms with Crippen molar-refractivity contribution in [3.05, 3.63) is 36.0 Å². The Kier molecular flexibility index (Phi) is 4.98. The molecule has 0 N–H and O–H groups in total. The summed E-state index contributed by atoms with van der Waals surface area (Å²) in [5, 5.41) is 0. The van der Waals surface area contributed by atoms with Crippen molar-refractivity contribution in [3.8, 4) is 0 Å². The summed E-state index contributed by atoms with van der Waals surface area (Å²) in [6.45, 7) is 2.14. The van der Waals surface area contributed by atoms with E-state index in [4.69, 9.17) is 0 Å². The first-order valence-electron chi connectivity index (χ1n) is 5.36. The van der Waals surface area contributed by atoms with Crippen molar-refractivity contribution < 1.29 is 4.79 Å². The quantitative estimate of drug-likeness (QED) is 0.479. The van der Waals surface area contributed by atoms with Gasteiger partial charge in [0.25, 0.3) is 0 Å². The third-order valence-electron chi connectivity index (χ3n) is 2.41. The van der Waals surface area contributed by atoms with E-state index < -0.39 is 0 Å². The molecule has 0 aromatic rings. The van der Waals surface area contributed by atoms with E-state index in [1.807, 2.05) is 6.08 Å². The number of carbonyl (C=O) groups is 1. The second-order valence-corrected chi connectivity index (χ2v) is 3.68. The molecule has 0 radical (unpaired) electrons. The van der Waals surface area contributed by atoms with Crippen molar-refractivity contribution in [1.29, 1.82) is 0 Å². The Hall–Kier alpha value is -1.11. The summed E-state index contributed by atoms with van der Waals surface area (Å²) in [4.78, 5) is 10.8. The lowest BCUT2D eigenvalue weighted by molar-refractivity contribution is -0.105. The van der Waals surface area contributed by atoms with Crippen molar-refractivity contribution in [3.63, 3.8) is 0 Å². The summed E-state index contributed by atoms with van der Waals surface area (Å²) < 4.78 is 0. The Morgan fingerprint density at radius 1 is 1.50 bits per heavy atom. The van der Waals surface area contributed by atoms with Crippen LogP contribution in [0.25, 0.3) is 0 Å². The van der Waals surface area contributed by atoms with Crippen LogP contribution in [-0.4, -0.2) is 6.29 Å². The van der Waals surface area contributed by atoms with Crippen molar-refractivity contribution >= 4 is 6.29 Å². The van der Waals surface area contributed by atoms with E-state index in [9.17, 15) is 4.79 Å². The fraction of sp³-hybridized carbons (Fsp3) is 0.462. The number of aldehydes is 1. The van der Waals surface area contributed by atoms with Crippen LogP contribution in [0.2, 0.25) is 0 Å². The predicted molar refractivity (Wildman–Crippen MR) is 60.1 cm³/mol. The fourth-order valence-corrected chi connectivity index (χ4v) is 1.56. The van der Waals surface area contributed by atoms with Crippen LogP contribution < -0.4 is 0 Å². The fourth-order valence-electron chi connectivity index (χ4n) is 1.56. The highest BCUT2D eigenvalue weighted by Gasteiger charge is 2.03. The molecule has 0 saturated carbocycles. The summed E-state index contributed by atoms with van der Waals surface area (Å²) >= 11 is 0. The van der Waals surface area contributed by atoms with Gasteiger partial charge in [0.15, 0.2) is 0 Å². The topological polar surface area (TPSA) is 17.1 Å². The lowest BCUT2D eigenvalue weighted by atomic mass is 9.96. The van der Waals surface area contributed by atoms with Gasteiger partial charge in [-0.15, -0.1) is 0 Å². The zero-order chi connectivity index (χ0) is 10.2. The van der Waals surface area contributed by atoms with Gasteiger partial charge in [-0.2, -0.15) is 0 Å². The molecule has 0 aliphatic heterocycles. The van der Waals surface area contributed by atoms with Gasteiger partial charge in [-0.3, -0.25) is 4.79 Å². The zero-order valence-corrected chi connectivity index (χ0v) is 8.78. The molecule has 0 bridgehead atoms. The summed E-state index contributed by atoms with van der Waals surface area (Å²) in [6.07, 6.45) is 15.7. The molecule has 1 nitrogen and oxygen atoms in total. The molecule has 0 amide bonds. The Bertz CT molecular complexity index is 258. The minimum absolute atomic E-state index is 0.428. The van der Waals surface area contributed by atoms with Gasteiger partial charge >= 0.3 is 0 Å². The molecule has 1 atom stereocenters. The highest BCUT2D eigenvalue weighted by atomic mass is 16.1. The maximum Gasteiger partial charge on any atom is 0.145 e. The molecule has 76 valence electrons. The van der Waals surface area contributed by atoms with Crippen molar-refractivity contribution in [2.24, 2.45) is 5.92 Å². The van der Waals surface area contributed by atoms with Crippen molar-refractivity contribution in [2.45, 2.75) is 32.6 Å². The summed E-state index contributed by atoms with van der Waals surface area (Å²) in [6, 6.07) is 0. The van der Waals surface area contributed by atoms with E-state index in [2.05, 4.69) is 31.2 Å². The minimum Gasteiger partial charge on any atom is -0.298 e. The Labute approximate surface area is 86.2 Å².